The highest BCUT2D eigenvalue weighted by atomic mass is 35.5. The normalized spacial score (nSPS) is 32.9. The molecule has 0 saturated heterocycles. The van der Waals surface area contributed by atoms with Gasteiger partial charge in [0.25, 0.3) is 0 Å². The van der Waals surface area contributed by atoms with Gasteiger partial charge in [-0.15, -0.1) is 23.2 Å². The molecule has 6 atom stereocenters. The molecule has 4 aliphatic rings. The quantitative estimate of drug-likeness (QED) is 0.223. The number of ether oxygens (including phenoxy) is 1. The number of hydrogen-bond donors (Lipinski definition) is 0. The minimum atomic E-state index is -0.366. The molecule has 3 saturated carbocycles. The number of anilines is 1. The Bertz CT molecular complexity index is 1140. The van der Waals surface area contributed by atoms with E-state index in [1.54, 1.807) is 0 Å². The van der Waals surface area contributed by atoms with Crippen LogP contribution in [0.1, 0.15) is 70.8 Å². The summed E-state index contributed by atoms with van der Waals surface area (Å²) in [6.07, 6.45) is 10.0. The van der Waals surface area contributed by atoms with Crippen LogP contribution in [0.2, 0.25) is 0 Å². The Balaban J connectivity index is 1.16. The molecule has 0 spiro atoms. The van der Waals surface area contributed by atoms with Gasteiger partial charge >= 0.3 is 5.97 Å². The lowest BCUT2D eigenvalue weighted by molar-refractivity contribution is -0.150. The molecule has 1 aromatic rings. The Hall–Kier alpha value is -1.85. The first kappa shape index (κ1) is 29.6. The maximum atomic E-state index is 13.4. The van der Waals surface area contributed by atoms with Crippen LogP contribution in [-0.4, -0.2) is 49.0 Å². The molecule has 5 nitrogen and oxygen atoms in total. The number of rotatable bonds is 10. The van der Waals surface area contributed by atoms with Crippen molar-refractivity contribution in [3.8, 4) is 0 Å². The maximum Gasteiger partial charge on any atom is 0.310 e. The summed E-state index contributed by atoms with van der Waals surface area (Å²) < 4.78 is 5.53. The number of Topliss-reactive ketones (excluding diaryl/α,β-unsaturated/α-hetero) is 1. The van der Waals surface area contributed by atoms with E-state index in [1.807, 2.05) is 30.3 Å². The van der Waals surface area contributed by atoms with Gasteiger partial charge in [-0.3, -0.25) is 14.4 Å². The third kappa shape index (κ3) is 5.62. The van der Waals surface area contributed by atoms with Gasteiger partial charge < -0.3 is 9.64 Å². The van der Waals surface area contributed by atoms with Gasteiger partial charge in [-0.2, -0.15) is 0 Å². The van der Waals surface area contributed by atoms with Crippen LogP contribution in [0.25, 0.3) is 0 Å². The van der Waals surface area contributed by atoms with Crippen molar-refractivity contribution in [3.63, 3.8) is 0 Å². The summed E-state index contributed by atoms with van der Waals surface area (Å²) >= 11 is 11.8. The van der Waals surface area contributed by atoms with Crippen LogP contribution >= 0.6 is 23.2 Å². The SMILES string of the molecule is CC12CCC(=O)C=C1CCC1C2CCC2(C)C(C(=O)COC(=O)Cc3ccc(N(CCCl)CCCl)cc3)CCC12. The Morgan fingerprint density at radius 1 is 0.950 bits per heavy atom. The van der Waals surface area contributed by atoms with Gasteiger partial charge in [0, 0.05) is 42.9 Å². The van der Waals surface area contributed by atoms with E-state index < -0.39 is 0 Å². The molecule has 5 rings (SSSR count). The molecule has 0 radical (unpaired) electrons. The number of carbonyl (C=O) groups excluding carboxylic acids is 3. The molecule has 1 aromatic carbocycles. The molecular weight excluding hydrogens is 545 g/mol. The lowest BCUT2D eigenvalue weighted by atomic mass is 9.46. The number of ketones is 2. The summed E-state index contributed by atoms with van der Waals surface area (Å²) in [6, 6.07) is 7.78. The van der Waals surface area contributed by atoms with E-state index in [9.17, 15) is 14.4 Å². The van der Waals surface area contributed by atoms with Crippen molar-refractivity contribution in [3.05, 3.63) is 41.5 Å². The van der Waals surface area contributed by atoms with Gasteiger partial charge in [-0.05, 0) is 97.3 Å². The van der Waals surface area contributed by atoms with Crippen molar-refractivity contribution < 1.29 is 19.1 Å². The van der Waals surface area contributed by atoms with Gasteiger partial charge in [0.05, 0.1) is 6.42 Å². The highest BCUT2D eigenvalue weighted by molar-refractivity contribution is 6.18. The van der Waals surface area contributed by atoms with Crippen LogP contribution < -0.4 is 4.90 Å². The zero-order chi connectivity index (χ0) is 28.5. The zero-order valence-electron chi connectivity index (χ0n) is 23.9. The van der Waals surface area contributed by atoms with Crippen LogP contribution in [0.3, 0.4) is 0 Å². The summed E-state index contributed by atoms with van der Waals surface area (Å²) in [5, 5.41) is 0. The number of carbonyl (C=O) groups is 3. The van der Waals surface area contributed by atoms with Gasteiger partial charge in [0.2, 0.25) is 0 Å². The largest absolute Gasteiger partial charge is 0.457 e. The molecule has 0 aromatic heterocycles. The molecule has 4 aliphatic carbocycles. The minimum absolute atomic E-state index is 0.0273. The lowest BCUT2D eigenvalue weighted by Crippen LogP contribution is -2.51. The molecule has 0 bridgehead atoms. The molecule has 0 amide bonds. The van der Waals surface area contributed by atoms with Crippen molar-refractivity contribution in [2.24, 2.45) is 34.5 Å². The summed E-state index contributed by atoms with van der Waals surface area (Å²) in [6.45, 7) is 5.99. The molecule has 0 N–H and O–H groups in total. The summed E-state index contributed by atoms with van der Waals surface area (Å²) in [5.74, 6) is 2.74. The first-order valence-electron chi connectivity index (χ1n) is 15.1. The van der Waals surface area contributed by atoms with E-state index in [2.05, 4.69) is 18.7 Å². The van der Waals surface area contributed by atoms with Crippen molar-refractivity contribution in [2.75, 3.05) is 36.4 Å². The monoisotopic (exact) mass is 587 g/mol. The number of fused-ring (bicyclic) bond motifs is 5. The van der Waals surface area contributed by atoms with Crippen molar-refractivity contribution in [1.82, 2.24) is 0 Å². The van der Waals surface area contributed by atoms with Crippen molar-refractivity contribution >= 4 is 46.4 Å². The van der Waals surface area contributed by atoms with E-state index >= 15 is 0 Å². The second kappa shape index (κ2) is 12.2. The lowest BCUT2D eigenvalue weighted by Gasteiger charge is -2.58. The third-order valence-electron chi connectivity index (χ3n) is 11.1. The topological polar surface area (TPSA) is 63.7 Å². The zero-order valence-corrected chi connectivity index (χ0v) is 25.4. The average Bonchev–Trinajstić information content (AvgIpc) is 3.30. The van der Waals surface area contributed by atoms with Gasteiger partial charge in [-0.1, -0.05) is 31.6 Å². The molecule has 6 unspecified atom stereocenters. The standard InChI is InChI=1S/C33H43Cl2NO4/c1-32-13-11-25(37)20-23(32)5-8-26-27-9-10-29(33(27,2)14-12-28(26)32)30(38)21-40-31(39)19-22-3-6-24(7-4-22)36(17-15-34)18-16-35/h3-4,6-7,20,26-29H,5,8-19,21H2,1-2H3. The summed E-state index contributed by atoms with van der Waals surface area (Å²) in [4.78, 5) is 40.3. The van der Waals surface area contributed by atoms with E-state index in [-0.39, 0.29) is 41.5 Å². The molecule has 218 valence electrons. The average molecular weight is 589 g/mol. The number of esters is 1. The second-order valence-electron chi connectivity index (χ2n) is 13.0. The van der Waals surface area contributed by atoms with Crippen LogP contribution in [0.5, 0.6) is 0 Å². The van der Waals surface area contributed by atoms with Gasteiger partial charge in [0.1, 0.15) is 6.61 Å². The first-order chi connectivity index (χ1) is 19.2. The van der Waals surface area contributed by atoms with Crippen molar-refractivity contribution in [2.45, 2.75) is 71.6 Å². The minimum Gasteiger partial charge on any atom is -0.457 e. The molecule has 0 heterocycles. The number of hydrogen-bond acceptors (Lipinski definition) is 5. The van der Waals surface area contributed by atoms with Gasteiger partial charge in [0.15, 0.2) is 11.6 Å². The van der Waals surface area contributed by atoms with Crippen LogP contribution in [0.15, 0.2) is 35.9 Å². The Morgan fingerprint density at radius 3 is 2.38 bits per heavy atom. The molecule has 3 fully saturated rings. The van der Waals surface area contributed by atoms with Crippen LogP contribution in [-0.2, 0) is 25.5 Å². The fourth-order valence-corrected chi connectivity index (χ4v) is 9.36. The van der Waals surface area contributed by atoms with E-state index in [1.165, 1.54) is 5.57 Å². The first-order valence-corrected chi connectivity index (χ1v) is 16.1. The maximum absolute atomic E-state index is 13.4. The number of halogens is 2. The number of benzene rings is 1. The number of nitrogens with zero attached hydrogens (tertiary/aromatic N) is 1. The number of allylic oxidation sites excluding steroid dienone is 1. The third-order valence-corrected chi connectivity index (χ3v) is 11.4. The highest BCUT2D eigenvalue weighted by Crippen LogP contribution is 2.66. The van der Waals surface area contributed by atoms with Crippen molar-refractivity contribution in [1.29, 1.82) is 0 Å². The molecule has 40 heavy (non-hydrogen) atoms. The predicted octanol–water partition coefficient (Wildman–Crippen LogP) is 6.77. The molecule has 7 heteroatoms. The van der Waals surface area contributed by atoms with E-state index in [0.29, 0.717) is 54.8 Å². The summed E-state index contributed by atoms with van der Waals surface area (Å²) in [5.41, 5.74) is 3.36. The molecule has 0 aliphatic heterocycles. The van der Waals surface area contributed by atoms with Gasteiger partial charge in [-0.25, -0.2) is 0 Å². The smallest absolute Gasteiger partial charge is 0.310 e. The Labute approximate surface area is 249 Å². The van der Waals surface area contributed by atoms with Crippen LogP contribution in [0.4, 0.5) is 5.69 Å². The van der Waals surface area contributed by atoms with E-state index in [0.717, 1.165) is 56.2 Å². The Morgan fingerprint density at radius 2 is 1.68 bits per heavy atom. The highest BCUT2D eigenvalue weighted by Gasteiger charge is 2.60. The Kier molecular flexibility index (Phi) is 9.02. The fourth-order valence-electron chi connectivity index (χ4n) is 8.96. The summed E-state index contributed by atoms with van der Waals surface area (Å²) in [7, 11) is 0. The predicted molar refractivity (Wildman–Crippen MR) is 160 cm³/mol. The van der Waals surface area contributed by atoms with E-state index in [4.69, 9.17) is 27.9 Å². The molecular formula is C33H43Cl2NO4. The fraction of sp³-hybridized carbons (Fsp3) is 0.667. The second-order valence-corrected chi connectivity index (χ2v) is 13.7. The number of alkyl halides is 2. The van der Waals surface area contributed by atoms with Crippen LogP contribution in [0, 0.1) is 34.5 Å².